The monoisotopic (exact) mass is 428 g/mol. The number of carbonyl (C=O) groups is 1. The number of nitrogens with zero attached hydrogens (tertiary/aromatic N) is 2. The number of benzene rings is 3. The second kappa shape index (κ2) is 11.3. The Morgan fingerprint density at radius 2 is 1.81 bits per heavy atom. The number of unbranched alkanes of at least 4 members (excludes halogenated alkanes) is 2. The smallest absolute Gasteiger partial charge is 0.343 e. The highest BCUT2D eigenvalue weighted by atomic mass is 16.5. The Hall–Kier alpha value is -4.11. The Morgan fingerprint density at radius 3 is 2.53 bits per heavy atom. The molecule has 0 fully saturated rings. The minimum Gasteiger partial charge on any atom is -0.507 e. The molecule has 0 aliphatic carbocycles. The lowest BCUT2D eigenvalue weighted by Crippen LogP contribution is -2.08. The number of aliphatic imine (C=N–C) groups is 1. The van der Waals surface area contributed by atoms with E-state index in [4.69, 9.17) is 14.7 Å². The fourth-order valence-electron chi connectivity index (χ4n) is 2.91. The summed E-state index contributed by atoms with van der Waals surface area (Å²) in [6.45, 7) is 2.78. The van der Waals surface area contributed by atoms with Gasteiger partial charge in [-0.1, -0.05) is 31.9 Å². The molecule has 162 valence electrons. The zero-order valence-electron chi connectivity index (χ0n) is 17.8. The first kappa shape index (κ1) is 22.6. The van der Waals surface area contributed by atoms with Crippen LogP contribution >= 0.6 is 0 Å². The van der Waals surface area contributed by atoms with Gasteiger partial charge in [0, 0.05) is 17.8 Å². The molecule has 0 saturated heterocycles. The number of phenolic OH excluding ortho intramolecular Hbond substituents is 1. The summed E-state index contributed by atoms with van der Waals surface area (Å²) >= 11 is 0. The van der Waals surface area contributed by atoms with Gasteiger partial charge in [0.25, 0.3) is 0 Å². The normalized spacial score (nSPS) is 10.6. The molecule has 6 heteroatoms. The summed E-state index contributed by atoms with van der Waals surface area (Å²) in [5.74, 6) is 0.287. The van der Waals surface area contributed by atoms with Crippen molar-refractivity contribution in [2.24, 2.45) is 4.99 Å². The maximum Gasteiger partial charge on any atom is 0.343 e. The van der Waals surface area contributed by atoms with Crippen LogP contribution in [-0.4, -0.2) is 23.9 Å². The molecule has 0 heterocycles. The fraction of sp³-hybridized carbons (Fsp3) is 0.192. The maximum atomic E-state index is 12.4. The lowest BCUT2D eigenvalue weighted by molar-refractivity contribution is 0.0734. The fourth-order valence-corrected chi connectivity index (χ4v) is 2.91. The minimum absolute atomic E-state index is 0.0932. The van der Waals surface area contributed by atoms with Crippen LogP contribution in [0.5, 0.6) is 17.2 Å². The molecule has 0 aliphatic rings. The van der Waals surface area contributed by atoms with Crippen molar-refractivity contribution in [1.29, 1.82) is 5.26 Å². The Balaban J connectivity index is 1.62. The van der Waals surface area contributed by atoms with Crippen LogP contribution in [0.4, 0.5) is 5.69 Å². The Labute approximate surface area is 187 Å². The van der Waals surface area contributed by atoms with Crippen molar-refractivity contribution in [3.05, 3.63) is 83.4 Å². The summed E-state index contributed by atoms with van der Waals surface area (Å²) in [7, 11) is 0. The van der Waals surface area contributed by atoms with E-state index in [1.807, 2.05) is 0 Å². The molecule has 0 saturated carbocycles. The molecule has 32 heavy (non-hydrogen) atoms. The van der Waals surface area contributed by atoms with Crippen molar-refractivity contribution in [2.75, 3.05) is 6.61 Å². The number of rotatable bonds is 9. The molecular weight excluding hydrogens is 404 g/mol. The van der Waals surface area contributed by atoms with Crippen molar-refractivity contribution in [1.82, 2.24) is 0 Å². The molecule has 0 amide bonds. The van der Waals surface area contributed by atoms with Gasteiger partial charge in [-0.3, -0.25) is 4.99 Å². The van der Waals surface area contributed by atoms with Gasteiger partial charge in [-0.05, 0) is 55.0 Å². The molecule has 0 unspecified atom stereocenters. The number of ether oxygens (including phenoxy) is 2. The lowest BCUT2D eigenvalue weighted by Gasteiger charge is -2.08. The van der Waals surface area contributed by atoms with Crippen LogP contribution in [0.2, 0.25) is 0 Å². The topological polar surface area (TPSA) is 91.9 Å². The molecule has 6 nitrogen and oxygen atoms in total. The van der Waals surface area contributed by atoms with E-state index in [2.05, 4.69) is 18.0 Å². The third kappa shape index (κ3) is 6.19. The van der Waals surface area contributed by atoms with Crippen LogP contribution in [0.3, 0.4) is 0 Å². The third-order valence-corrected chi connectivity index (χ3v) is 4.69. The molecule has 0 radical (unpaired) electrons. The van der Waals surface area contributed by atoms with Gasteiger partial charge in [0.2, 0.25) is 0 Å². The van der Waals surface area contributed by atoms with Gasteiger partial charge in [-0.15, -0.1) is 0 Å². The van der Waals surface area contributed by atoms with Crippen molar-refractivity contribution in [3.63, 3.8) is 0 Å². The van der Waals surface area contributed by atoms with E-state index < -0.39 is 5.97 Å². The summed E-state index contributed by atoms with van der Waals surface area (Å²) in [4.78, 5) is 16.7. The van der Waals surface area contributed by atoms with E-state index >= 15 is 0 Å². The van der Waals surface area contributed by atoms with Gasteiger partial charge in [0.1, 0.15) is 23.3 Å². The number of hydrogen-bond acceptors (Lipinski definition) is 6. The molecule has 3 rings (SSSR count). The number of hydrogen-bond donors (Lipinski definition) is 1. The summed E-state index contributed by atoms with van der Waals surface area (Å²) in [5.41, 5.74) is 1.75. The molecule has 0 spiro atoms. The third-order valence-electron chi connectivity index (χ3n) is 4.69. The first-order valence-electron chi connectivity index (χ1n) is 10.4. The predicted molar refractivity (Wildman–Crippen MR) is 123 cm³/mol. The molecule has 0 atom stereocenters. The molecule has 1 N–H and O–H groups in total. The van der Waals surface area contributed by atoms with E-state index in [9.17, 15) is 9.90 Å². The number of nitriles is 1. The quantitative estimate of drug-likeness (QED) is 0.201. The molecule has 0 aliphatic heterocycles. The number of aromatic hydroxyl groups is 1. The number of esters is 1. The van der Waals surface area contributed by atoms with Crippen molar-refractivity contribution in [3.8, 4) is 23.3 Å². The van der Waals surface area contributed by atoms with Gasteiger partial charge < -0.3 is 14.6 Å². The zero-order valence-corrected chi connectivity index (χ0v) is 17.8. The van der Waals surface area contributed by atoms with Gasteiger partial charge in [-0.2, -0.15) is 5.26 Å². The van der Waals surface area contributed by atoms with E-state index in [1.165, 1.54) is 12.3 Å². The molecule has 3 aromatic rings. The minimum atomic E-state index is -0.536. The molecule has 3 aromatic carbocycles. The van der Waals surface area contributed by atoms with Crippen LogP contribution in [0.15, 0.2) is 71.7 Å². The highest BCUT2D eigenvalue weighted by Gasteiger charge is 2.11. The Kier molecular flexibility index (Phi) is 7.99. The van der Waals surface area contributed by atoms with Crippen molar-refractivity contribution < 1.29 is 19.4 Å². The average Bonchev–Trinajstić information content (AvgIpc) is 2.82. The van der Waals surface area contributed by atoms with Crippen LogP contribution in [0, 0.1) is 11.3 Å². The predicted octanol–water partition coefficient (Wildman–Crippen LogP) is 5.80. The second-order valence-corrected chi connectivity index (χ2v) is 7.08. The standard InChI is InChI=1S/C26H24N2O4/c1-2-3-6-15-31-22-12-9-19(10-13-22)26(30)32-23-14-11-21(25(29)16-23)18-28-24-8-5-4-7-20(24)17-27/h4-5,7-14,16,18,29H,2-3,6,15H2,1H3. The van der Waals surface area contributed by atoms with Crippen LogP contribution < -0.4 is 9.47 Å². The van der Waals surface area contributed by atoms with Gasteiger partial charge in [-0.25, -0.2) is 4.79 Å². The summed E-state index contributed by atoms with van der Waals surface area (Å²) < 4.78 is 11.0. The average molecular weight is 428 g/mol. The van der Waals surface area contributed by atoms with Crippen molar-refractivity contribution >= 4 is 17.9 Å². The molecule has 0 bridgehead atoms. The van der Waals surface area contributed by atoms with E-state index in [1.54, 1.807) is 60.7 Å². The van der Waals surface area contributed by atoms with Gasteiger partial charge in [0.15, 0.2) is 0 Å². The van der Waals surface area contributed by atoms with E-state index in [0.717, 1.165) is 19.3 Å². The zero-order chi connectivity index (χ0) is 22.8. The number of carbonyl (C=O) groups excluding carboxylic acids is 1. The number of para-hydroxylation sites is 1. The maximum absolute atomic E-state index is 12.4. The SMILES string of the molecule is CCCCCOc1ccc(C(=O)Oc2ccc(C=Nc3ccccc3C#N)c(O)c2)cc1. The largest absolute Gasteiger partial charge is 0.507 e. The second-order valence-electron chi connectivity index (χ2n) is 7.08. The van der Waals surface area contributed by atoms with Crippen LogP contribution in [0.1, 0.15) is 47.7 Å². The first-order valence-corrected chi connectivity index (χ1v) is 10.4. The van der Waals surface area contributed by atoms with Crippen molar-refractivity contribution in [2.45, 2.75) is 26.2 Å². The highest BCUT2D eigenvalue weighted by molar-refractivity contribution is 5.91. The Bertz CT molecular complexity index is 1130. The van der Waals surface area contributed by atoms with Crippen LogP contribution in [-0.2, 0) is 0 Å². The van der Waals surface area contributed by atoms with E-state index in [-0.39, 0.29) is 11.5 Å². The molecule has 0 aromatic heterocycles. The number of phenols is 1. The highest BCUT2D eigenvalue weighted by Crippen LogP contribution is 2.25. The molecular formula is C26H24N2O4. The first-order chi connectivity index (χ1) is 15.6. The van der Waals surface area contributed by atoms with Gasteiger partial charge in [0.05, 0.1) is 23.4 Å². The Morgan fingerprint density at radius 1 is 1.06 bits per heavy atom. The van der Waals surface area contributed by atoms with Gasteiger partial charge >= 0.3 is 5.97 Å². The summed E-state index contributed by atoms with van der Waals surface area (Å²) in [6, 6.07) is 20.2. The summed E-state index contributed by atoms with van der Waals surface area (Å²) in [5, 5.41) is 19.4. The van der Waals surface area contributed by atoms with E-state index in [0.29, 0.717) is 34.7 Å². The lowest BCUT2D eigenvalue weighted by atomic mass is 10.2. The van der Waals surface area contributed by atoms with Crippen LogP contribution in [0.25, 0.3) is 0 Å². The summed E-state index contributed by atoms with van der Waals surface area (Å²) in [6.07, 6.45) is 4.70.